The molecule has 5 heteroatoms. The van der Waals surface area contributed by atoms with Crippen molar-refractivity contribution < 1.29 is 14.7 Å². The number of carbonyl (C=O) groups is 2. The van der Waals surface area contributed by atoms with E-state index < -0.39 is 5.97 Å². The number of carboxylic acids is 1. The van der Waals surface area contributed by atoms with Crippen molar-refractivity contribution in [2.24, 2.45) is 11.8 Å². The van der Waals surface area contributed by atoms with Gasteiger partial charge in [0.25, 0.3) is 0 Å². The number of rotatable bonds is 1. The van der Waals surface area contributed by atoms with Gasteiger partial charge in [-0.2, -0.15) is 0 Å². The molecule has 0 aromatic heterocycles. The predicted molar refractivity (Wildman–Crippen MR) is 79.0 cm³/mol. The van der Waals surface area contributed by atoms with Crippen LogP contribution in [0.1, 0.15) is 51.9 Å². The van der Waals surface area contributed by atoms with Gasteiger partial charge in [-0.25, -0.2) is 4.79 Å². The Morgan fingerprint density at radius 1 is 1.00 bits per heavy atom. The predicted octanol–water partition coefficient (Wildman–Crippen LogP) is 2.56. The highest BCUT2D eigenvalue weighted by atomic mass is 16.4. The zero-order valence-electron chi connectivity index (χ0n) is 12.8. The summed E-state index contributed by atoms with van der Waals surface area (Å²) < 4.78 is 0. The van der Waals surface area contributed by atoms with Crippen LogP contribution in [0.4, 0.5) is 4.79 Å². The molecule has 3 fully saturated rings. The summed E-state index contributed by atoms with van der Waals surface area (Å²) in [6, 6.07) is 0.632. The lowest BCUT2D eigenvalue weighted by Crippen LogP contribution is -2.56. The van der Waals surface area contributed by atoms with Crippen LogP contribution in [-0.2, 0) is 4.79 Å². The van der Waals surface area contributed by atoms with Crippen molar-refractivity contribution in [2.75, 3.05) is 13.1 Å². The number of hydrogen-bond donors (Lipinski definition) is 1. The normalized spacial score (nSPS) is 36.4. The molecule has 4 atom stereocenters. The molecule has 2 amide bonds. The van der Waals surface area contributed by atoms with Crippen LogP contribution < -0.4 is 0 Å². The number of likely N-dealkylation sites (tertiary alicyclic amines) is 2. The van der Waals surface area contributed by atoms with E-state index in [2.05, 4.69) is 4.90 Å². The number of nitrogens with zero attached hydrogens (tertiary/aromatic N) is 2. The Bertz CT molecular complexity index is 426. The SMILES string of the molecule is CC1CC(C(=O)O)CCN1C(=O)N1CCCC2CCCC21. The van der Waals surface area contributed by atoms with Crippen molar-refractivity contribution in [1.82, 2.24) is 9.80 Å². The summed E-state index contributed by atoms with van der Waals surface area (Å²) in [6.07, 6.45) is 7.23. The molecular weight excluding hydrogens is 268 g/mol. The topological polar surface area (TPSA) is 60.9 Å². The maximum Gasteiger partial charge on any atom is 0.320 e. The van der Waals surface area contributed by atoms with Gasteiger partial charge in [0.2, 0.25) is 0 Å². The molecule has 1 saturated carbocycles. The minimum Gasteiger partial charge on any atom is -0.481 e. The molecule has 21 heavy (non-hydrogen) atoms. The van der Waals surface area contributed by atoms with Gasteiger partial charge in [0.1, 0.15) is 0 Å². The third-order valence-electron chi connectivity index (χ3n) is 5.71. The minimum absolute atomic E-state index is 0.0362. The zero-order chi connectivity index (χ0) is 15.0. The molecule has 0 radical (unpaired) electrons. The van der Waals surface area contributed by atoms with Gasteiger partial charge in [-0.15, -0.1) is 0 Å². The molecule has 0 bridgehead atoms. The van der Waals surface area contributed by atoms with Crippen LogP contribution in [0.3, 0.4) is 0 Å². The Hall–Kier alpha value is -1.26. The van der Waals surface area contributed by atoms with E-state index in [1.807, 2.05) is 11.8 Å². The fraction of sp³-hybridized carbons (Fsp3) is 0.875. The van der Waals surface area contributed by atoms with Crippen molar-refractivity contribution in [3.05, 3.63) is 0 Å². The van der Waals surface area contributed by atoms with Gasteiger partial charge in [-0.3, -0.25) is 4.79 Å². The van der Waals surface area contributed by atoms with Crippen LogP contribution >= 0.6 is 0 Å². The summed E-state index contributed by atoms with van der Waals surface area (Å²) in [6.45, 7) is 3.46. The number of aliphatic carboxylic acids is 1. The van der Waals surface area contributed by atoms with E-state index in [9.17, 15) is 9.59 Å². The molecule has 0 aromatic rings. The number of piperidine rings is 2. The Morgan fingerprint density at radius 3 is 2.48 bits per heavy atom. The fourth-order valence-electron chi connectivity index (χ4n) is 4.54. The third kappa shape index (κ3) is 2.74. The monoisotopic (exact) mass is 294 g/mol. The first-order chi connectivity index (χ1) is 10.1. The molecule has 3 rings (SSSR count). The number of amides is 2. The van der Waals surface area contributed by atoms with E-state index in [-0.39, 0.29) is 18.0 Å². The van der Waals surface area contributed by atoms with Crippen LogP contribution in [0.5, 0.6) is 0 Å². The van der Waals surface area contributed by atoms with Crippen LogP contribution in [-0.4, -0.2) is 52.1 Å². The second-order valence-corrected chi connectivity index (χ2v) is 6.98. The molecule has 1 aliphatic carbocycles. The van der Waals surface area contributed by atoms with Gasteiger partial charge in [-0.05, 0) is 51.4 Å². The first kappa shape index (κ1) is 14.7. The zero-order valence-corrected chi connectivity index (χ0v) is 12.8. The number of fused-ring (bicyclic) bond motifs is 1. The molecule has 118 valence electrons. The van der Waals surface area contributed by atoms with Crippen molar-refractivity contribution in [3.63, 3.8) is 0 Å². The molecule has 2 aliphatic heterocycles. The Labute approximate surface area is 126 Å². The van der Waals surface area contributed by atoms with Crippen LogP contribution in [0.25, 0.3) is 0 Å². The van der Waals surface area contributed by atoms with Crippen LogP contribution in [0.15, 0.2) is 0 Å². The summed E-state index contributed by atoms with van der Waals surface area (Å²) >= 11 is 0. The maximum atomic E-state index is 12.9. The molecule has 3 aliphatic rings. The highest BCUT2D eigenvalue weighted by Gasteiger charge is 2.41. The Kier molecular flexibility index (Phi) is 4.09. The Balaban J connectivity index is 1.66. The summed E-state index contributed by atoms with van der Waals surface area (Å²) in [4.78, 5) is 28.0. The molecule has 4 unspecified atom stereocenters. The first-order valence-corrected chi connectivity index (χ1v) is 8.38. The summed E-state index contributed by atoms with van der Waals surface area (Å²) in [5.41, 5.74) is 0. The standard InChI is InChI=1S/C16H26N2O3/c1-11-10-13(15(19)20)7-9-17(11)16(21)18-8-3-5-12-4-2-6-14(12)18/h11-14H,2-10H2,1H3,(H,19,20). The largest absolute Gasteiger partial charge is 0.481 e. The van der Waals surface area contributed by atoms with Crippen LogP contribution in [0.2, 0.25) is 0 Å². The van der Waals surface area contributed by atoms with Crippen molar-refractivity contribution >= 4 is 12.0 Å². The lowest BCUT2D eigenvalue weighted by atomic mass is 9.90. The van der Waals surface area contributed by atoms with Crippen molar-refractivity contribution in [3.8, 4) is 0 Å². The molecule has 0 aromatic carbocycles. The third-order valence-corrected chi connectivity index (χ3v) is 5.71. The quantitative estimate of drug-likeness (QED) is 0.808. The molecule has 5 nitrogen and oxygen atoms in total. The lowest BCUT2D eigenvalue weighted by molar-refractivity contribution is -0.143. The van der Waals surface area contributed by atoms with E-state index in [0.717, 1.165) is 19.4 Å². The van der Waals surface area contributed by atoms with Gasteiger partial charge in [-0.1, -0.05) is 6.42 Å². The second-order valence-electron chi connectivity index (χ2n) is 6.98. The molecule has 1 N–H and O–H groups in total. The van der Waals surface area contributed by atoms with Crippen LogP contribution in [0, 0.1) is 11.8 Å². The van der Waals surface area contributed by atoms with E-state index in [1.54, 1.807) is 0 Å². The van der Waals surface area contributed by atoms with E-state index in [4.69, 9.17) is 5.11 Å². The fourth-order valence-corrected chi connectivity index (χ4v) is 4.54. The average molecular weight is 294 g/mol. The molecule has 0 spiro atoms. The number of hydrogen-bond acceptors (Lipinski definition) is 2. The summed E-state index contributed by atoms with van der Waals surface area (Å²) in [5.74, 6) is -0.304. The number of urea groups is 1. The molecule has 2 heterocycles. The summed E-state index contributed by atoms with van der Waals surface area (Å²) in [7, 11) is 0. The highest BCUT2D eigenvalue weighted by Crippen LogP contribution is 2.37. The average Bonchev–Trinajstić information content (AvgIpc) is 2.94. The summed E-state index contributed by atoms with van der Waals surface area (Å²) in [5, 5.41) is 9.14. The van der Waals surface area contributed by atoms with Gasteiger partial charge >= 0.3 is 12.0 Å². The van der Waals surface area contributed by atoms with Crippen molar-refractivity contribution in [1.29, 1.82) is 0 Å². The molecular formula is C16H26N2O3. The van der Waals surface area contributed by atoms with E-state index in [0.29, 0.717) is 31.3 Å². The van der Waals surface area contributed by atoms with Gasteiger partial charge in [0.15, 0.2) is 0 Å². The maximum absolute atomic E-state index is 12.9. The van der Waals surface area contributed by atoms with E-state index in [1.165, 1.54) is 19.3 Å². The van der Waals surface area contributed by atoms with E-state index >= 15 is 0 Å². The highest BCUT2D eigenvalue weighted by molar-refractivity contribution is 5.76. The minimum atomic E-state index is -0.720. The van der Waals surface area contributed by atoms with Gasteiger partial charge in [0.05, 0.1) is 5.92 Å². The smallest absolute Gasteiger partial charge is 0.320 e. The van der Waals surface area contributed by atoms with Gasteiger partial charge in [0, 0.05) is 25.2 Å². The first-order valence-electron chi connectivity index (χ1n) is 8.38. The second kappa shape index (κ2) is 5.85. The van der Waals surface area contributed by atoms with Gasteiger partial charge < -0.3 is 14.9 Å². The Morgan fingerprint density at radius 2 is 1.76 bits per heavy atom. The number of carbonyl (C=O) groups excluding carboxylic acids is 1. The number of carboxylic acid groups (broad SMARTS) is 1. The molecule has 2 saturated heterocycles. The van der Waals surface area contributed by atoms with Crippen molar-refractivity contribution in [2.45, 2.75) is 64.0 Å². The lowest BCUT2D eigenvalue weighted by Gasteiger charge is -2.44.